The molecule has 0 amide bonds. The van der Waals surface area contributed by atoms with Gasteiger partial charge in [-0.2, -0.15) is 5.26 Å². The lowest BCUT2D eigenvalue weighted by atomic mass is 10.1. The highest BCUT2D eigenvalue weighted by Crippen LogP contribution is 2.26. The van der Waals surface area contributed by atoms with Crippen LogP contribution >= 0.6 is 0 Å². The van der Waals surface area contributed by atoms with Crippen molar-refractivity contribution in [1.29, 1.82) is 5.26 Å². The Balaban J connectivity index is 1.73. The van der Waals surface area contributed by atoms with Crippen LogP contribution in [0.3, 0.4) is 0 Å². The molecule has 3 aromatic carbocycles. The van der Waals surface area contributed by atoms with E-state index in [1.165, 1.54) is 62.7 Å². The Hall–Kier alpha value is -3.83. The first-order chi connectivity index (χ1) is 14.3. The number of esters is 1. The van der Waals surface area contributed by atoms with Crippen molar-refractivity contribution in [2.45, 2.75) is 4.90 Å². The van der Waals surface area contributed by atoms with E-state index in [-0.39, 0.29) is 10.6 Å². The Bertz CT molecular complexity index is 1180. The molecule has 7 nitrogen and oxygen atoms in total. The Kier molecular flexibility index (Phi) is 6.04. The fourth-order valence-corrected chi connectivity index (χ4v) is 3.81. The SMILES string of the molecule is COc1ccc(S(=O)(=O)N(C)c2ccc(OC(=O)c3ccc(C#N)cc3)cc2)cc1. The summed E-state index contributed by atoms with van der Waals surface area (Å²) in [7, 11) is -0.812. The minimum atomic E-state index is -3.76. The van der Waals surface area contributed by atoms with E-state index in [0.29, 0.717) is 22.6 Å². The topological polar surface area (TPSA) is 96.7 Å². The Morgan fingerprint density at radius 1 is 0.900 bits per heavy atom. The fourth-order valence-electron chi connectivity index (χ4n) is 2.62. The minimum Gasteiger partial charge on any atom is -0.497 e. The molecule has 0 heterocycles. The van der Waals surface area contributed by atoms with Crippen molar-refractivity contribution in [2.75, 3.05) is 18.5 Å². The number of anilines is 1. The fraction of sp³-hybridized carbons (Fsp3) is 0.0909. The molecule has 0 spiro atoms. The van der Waals surface area contributed by atoms with Crippen LogP contribution in [-0.2, 0) is 10.0 Å². The van der Waals surface area contributed by atoms with Crippen LogP contribution in [0.2, 0.25) is 0 Å². The standard InChI is InChI=1S/C22H18N2O5S/c1-24(30(26,27)21-13-11-19(28-2)12-14-21)18-7-9-20(10-8-18)29-22(25)17-5-3-16(15-23)4-6-17/h3-14H,1-2H3. The Morgan fingerprint density at radius 3 is 2.00 bits per heavy atom. The molecule has 0 bridgehead atoms. The minimum absolute atomic E-state index is 0.127. The summed E-state index contributed by atoms with van der Waals surface area (Å²) in [4.78, 5) is 12.3. The molecule has 8 heteroatoms. The van der Waals surface area contributed by atoms with Crippen molar-refractivity contribution in [2.24, 2.45) is 0 Å². The van der Waals surface area contributed by atoms with Crippen molar-refractivity contribution in [1.82, 2.24) is 0 Å². The smallest absolute Gasteiger partial charge is 0.343 e. The Morgan fingerprint density at radius 2 is 1.47 bits per heavy atom. The van der Waals surface area contributed by atoms with Gasteiger partial charge in [0.25, 0.3) is 10.0 Å². The maximum atomic E-state index is 12.8. The van der Waals surface area contributed by atoms with Crippen LogP contribution in [0.15, 0.2) is 77.7 Å². The second-order valence-corrected chi connectivity index (χ2v) is 8.19. The van der Waals surface area contributed by atoms with Crippen LogP contribution in [-0.4, -0.2) is 28.5 Å². The lowest BCUT2D eigenvalue weighted by Gasteiger charge is -2.20. The van der Waals surface area contributed by atoms with Gasteiger partial charge >= 0.3 is 5.97 Å². The molecule has 0 aromatic heterocycles. The van der Waals surface area contributed by atoms with Gasteiger partial charge in [0.05, 0.1) is 34.9 Å². The van der Waals surface area contributed by atoms with Crippen molar-refractivity contribution < 1.29 is 22.7 Å². The highest BCUT2D eigenvalue weighted by Gasteiger charge is 2.21. The van der Waals surface area contributed by atoms with Crippen molar-refractivity contribution in [3.8, 4) is 17.6 Å². The van der Waals surface area contributed by atoms with E-state index in [1.54, 1.807) is 24.3 Å². The number of sulfonamides is 1. The molecule has 0 saturated heterocycles. The summed E-state index contributed by atoms with van der Waals surface area (Å²) in [5.41, 5.74) is 1.15. The number of nitrogens with zero attached hydrogens (tertiary/aromatic N) is 2. The lowest BCUT2D eigenvalue weighted by molar-refractivity contribution is 0.0734. The van der Waals surface area contributed by atoms with E-state index < -0.39 is 16.0 Å². The zero-order valence-electron chi connectivity index (χ0n) is 16.3. The second-order valence-electron chi connectivity index (χ2n) is 6.22. The average molecular weight is 422 g/mol. The zero-order valence-corrected chi connectivity index (χ0v) is 17.1. The lowest BCUT2D eigenvalue weighted by Crippen LogP contribution is -2.26. The molecule has 0 N–H and O–H groups in total. The first kappa shape index (κ1) is 20.9. The van der Waals surface area contributed by atoms with Crippen molar-refractivity contribution >= 4 is 21.7 Å². The predicted molar refractivity (Wildman–Crippen MR) is 111 cm³/mol. The highest BCUT2D eigenvalue weighted by atomic mass is 32.2. The van der Waals surface area contributed by atoms with Crippen molar-refractivity contribution in [3.05, 3.63) is 83.9 Å². The molecule has 0 aliphatic carbocycles. The van der Waals surface area contributed by atoms with Crippen LogP contribution in [0.4, 0.5) is 5.69 Å². The summed E-state index contributed by atoms with van der Waals surface area (Å²) in [5.74, 6) is 0.250. The van der Waals surface area contributed by atoms with Crippen LogP contribution in [0.25, 0.3) is 0 Å². The summed E-state index contributed by atoms with van der Waals surface area (Å²) in [6.45, 7) is 0. The predicted octanol–water partition coefficient (Wildman–Crippen LogP) is 3.61. The summed E-state index contributed by atoms with van der Waals surface area (Å²) in [6.07, 6.45) is 0. The molecular formula is C22H18N2O5S. The number of rotatable bonds is 6. The molecule has 0 aliphatic rings. The average Bonchev–Trinajstić information content (AvgIpc) is 2.79. The van der Waals surface area contributed by atoms with Crippen molar-refractivity contribution in [3.63, 3.8) is 0 Å². The molecule has 0 saturated carbocycles. The number of hydrogen-bond donors (Lipinski definition) is 0. The van der Waals surface area contributed by atoms with Gasteiger partial charge in [-0.1, -0.05) is 0 Å². The molecule has 3 rings (SSSR count). The highest BCUT2D eigenvalue weighted by molar-refractivity contribution is 7.92. The van der Waals surface area contributed by atoms with Gasteiger partial charge in [-0.05, 0) is 72.8 Å². The third-order valence-electron chi connectivity index (χ3n) is 4.38. The second kappa shape index (κ2) is 8.68. The van der Waals surface area contributed by atoms with Crippen LogP contribution in [0.5, 0.6) is 11.5 Å². The molecule has 0 radical (unpaired) electrons. The van der Waals surface area contributed by atoms with Gasteiger partial charge in [0, 0.05) is 7.05 Å². The third kappa shape index (κ3) is 4.42. The summed E-state index contributed by atoms with van der Waals surface area (Å²) in [6, 6.07) is 20.2. The number of methoxy groups -OCH3 is 1. The van der Waals surface area contributed by atoms with Crippen LogP contribution in [0, 0.1) is 11.3 Å². The van der Waals surface area contributed by atoms with E-state index in [9.17, 15) is 13.2 Å². The van der Waals surface area contributed by atoms with Gasteiger partial charge in [0.2, 0.25) is 0 Å². The number of carbonyl (C=O) groups is 1. The van der Waals surface area contributed by atoms with Gasteiger partial charge in [-0.25, -0.2) is 13.2 Å². The molecule has 30 heavy (non-hydrogen) atoms. The van der Waals surface area contributed by atoms with Gasteiger partial charge in [0.1, 0.15) is 11.5 Å². The monoisotopic (exact) mass is 422 g/mol. The third-order valence-corrected chi connectivity index (χ3v) is 6.18. The molecule has 0 atom stereocenters. The van der Waals surface area contributed by atoms with Gasteiger partial charge in [-0.15, -0.1) is 0 Å². The summed E-state index contributed by atoms with van der Waals surface area (Å²) < 4.78 is 37.1. The maximum Gasteiger partial charge on any atom is 0.343 e. The number of hydrogen-bond acceptors (Lipinski definition) is 6. The van der Waals surface area contributed by atoms with E-state index in [4.69, 9.17) is 14.7 Å². The van der Waals surface area contributed by atoms with Gasteiger partial charge in [-0.3, -0.25) is 4.31 Å². The number of nitriles is 1. The Labute approximate surface area is 174 Å². The molecule has 152 valence electrons. The van der Waals surface area contributed by atoms with Crippen LogP contribution in [0.1, 0.15) is 15.9 Å². The maximum absolute atomic E-state index is 12.8. The largest absolute Gasteiger partial charge is 0.497 e. The number of ether oxygens (including phenoxy) is 2. The van der Waals surface area contributed by atoms with E-state index in [0.717, 1.165) is 4.31 Å². The van der Waals surface area contributed by atoms with Crippen LogP contribution < -0.4 is 13.8 Å². The zero-order chi connectivity index (χ0) is 21.7. The molecular weight excluding hydrogens is 404 g/mol. The summed E-state index contributed by atoms with van der Waals surface area (Å²) in [5, 5.41) is 8.81. The van der Waals surface area contributed by atoms with Gasteiger partial charge < -0.3 is 9.47 Å². The number of carbonyl (C=O) groups excluding carboxylic acids is 1. The molecule has 3 aromatic rings. The quantitative estimate of drug-likeness (QED) is 0.445. The molecule has 0 unspecified atom stereocenters. The summed E-state index contributed by atoms with van der Waals surface area (Å²) >= 11 is 0. The van der Waals surface area contributed by atoms with E-state index in [2.05, 4.69) is 0 Å². The normalized spacial score (nSPS) is 10.7. The number of benzene rings is 3. The first-order valence-electron chi connectivity index (χ1n) is 8.80. The molecule has 0 aliphatic heterocycles. The molecule has 0 fully saturated rings. The first-order valence-corrected chi connectivity index (χ1v) is 10.2. The van der Waals surface area contributed by atoms with Gasteiger partial charge in [0.15, 0.2) is 0 Å². The van der Waals surface area contributed by atoms with E-state index >= 15 is 0 Å². The van der Waals surface area contributed by atoms with E-state index in [1.807, 2.05) is 6.07 Å².